The van der Waals surface area contributed by atoms with Crippen molar-refractivity contribution in [1.82, 2.24) is 20.3 Å². The second kappa shape index (κ2) is 16.8. The van der Waals surface area contributed by atoms with Crippen LogP contribution in [0.4, 0.5) is 0 Å². The van der Waals surface area contributed by atoms with Crippen LogP contribution in [0.3, 0.4) is 0 Å². The number of aryl methyl sites for hydroxylation is 2. The summed E-state index contributed by atoms with van der Waals surface area (Å²) in [5, 5.41) is 20.4. The molecule has 0 fully saturated rings. The molecule has 0 radical (unpaired) electrons. The minimum atomic E-state index is -0.755. The summed E-state index contributed by atoms with van der Waals surface area (Å²) in [6, 6.07) is 18.0. The summed E-state index contributed by atoms with van der Waals surface area (Å²) in [6.45, 7) is 8.89. The van der Waals surface area contributed by atoms with Gasteiger partial charge in [0, 0.05) is 34.7 Å². The monoisotopic (exact) mass is 636 g/mol. The second-order valence-corrected chi connectivity index (χ2v) is 11.5. The normalized spacial score (nSPS) is 12.4. The Labute approximate surface area is 268 Å². The van der Waals surface area contributed by atoms with Crippen LogP contribution >= 0.6 is 23.2 Å². The van der Waals surface area contributed by atoms with Gasteiger partial charge in [0.2, 0.25) is 0 Å². The molecule has 4 rings (SSSR count). The van der Waals surface area contributed by atoms with Crippen molar-refractivity contribution in [3.05, 3.63) is 100 Å². The minimum absolute atomic E-state index is 0.123. The molecule has 0 amide bonds. The molecule has 2 N–H and O–H groups in total. The van der Waals surface area contributed by atoms with Gasteiger partial charge in [-0.3, -0.25) is 14.3 Å². The predicted octanol–water partition coefficient (Wildman–Crippen LogP) is 7.91. The zero-order chi connectivity index (χ0) is 32.2. The van der Waals surface area contributed by atoms with Gasteiger partial charge in [0.05, 0.1) is 35.4 Å². The quantitative estimate of drug-likeness (QED) is 0.120. The van der Waals surface area contributed by atoms with Crippen molar-refractivity contribution < 1.29 is 19.2 Å². The SMILES string of the molecule is C/C(=C\C/C(Cl)=C\C(C)Cl)c1cc(-c2cccc(-c3c(C)noc3C)c2)n(Cc2ccc(C=O)cc2)n1.CNCCC(=O)O. The van der Waals surface area contributed by atoms with E-state index in [2.05, 4.69) is 40.8 Å². The Bertz CT molecular complexity index is 1600. The molecule has 0 spiro atoms. The Morgan fingerprint density at radius 2 is 1.84 bits per heavy atom. The third-order valence-electron chi connectivity index (χ3n) is 6.72. The van der Waals surface area contributed by atoms with Crippen molar-refractivity contribution in [3.8, 4) is 22.4 Å². The number of carboxylic acids is 1. The van der Waals surface area contributed by atoms with Crippen LogP contribution in [-0.4, -0.2) is 51.3 Å². The van der Waals surface area contributed by atoms with E-state index in [1.54, 1.807) is 7.05 Å². The second-order valence-electron chi connectivity index (χ2n) is 10.3. The predicted molar refractivity (Wildman–Crippen MR) is 177 cm³/mol. The highest BCUT2D eigenvalue weighted by molar-refractivity contribution is 6.30. The summed E-state index contributed by atoms with van der Waals surface area (Å²) < 4.78 is 7.39. The van der Waals surface area contributed by atoms with E-state index >= 15 is 0 Å². The van der Waals surface area contributed by atoms with Crippen molar-refractivity contribution in [2.75, 3.05) is 13.6 Å². The molecule has 8 nitrogen and oxygen atoms in total. The molecule has 0 saturated heterocycles. The van der Waals surface area contributed by atoms with E-state index in [0.29, 0.717) is 30.1 Å². The van der Waals surface area contributed by atoms with Gasteiger partial charge in [-0.1, -0.05) is 71.4 Å². The maximum Gasteiger partial charge on any atom is 0.304 e. The number of hydrogen-bond donors (Lipinski definition) is 2. The molecule has 44 heavy (non-hydrogen) atoms. The van der Waals surface area contributed by atoms with Gasteiger partial charge in [-0.25, -0.2) is 0 Å². The van der Waals surface area contributed by atoms with E-state index in [1.807, 2.05) is 68.8 Å². The maximum atomic E-state index is 11.1. The van der Waals surface area contributed by atoms with Crippen LogP contribution < -0.4 is 5.32 Å². The third kappa shape index (κ3) is 10.0. The van der Waals surface area contributed by atoms with E-state index in [4.69, 9.17) is 37.9 Å². The van der Waals surface area contributed by atoms with E-state index in [0.717, 1.165) is 57.0 Å². The molecule has 10 heteroatoms. The highest BCUT2D eigenvalue weighted by Crippen LogP contribution is 2.32. The zero-order valence-corrected chi connectivity index (χ0v) is 27.1. The number of carboxylic acid groups (broad SMARTS) is 1. The summed E-state index contributed by atoms with van der Waals surface area (Å²) in [5.74, 6) is 0.0310. The van der Waals surface area contributed by atoms with Crippen LogP contribution in [0, 0.1) is 13.8 Å². The lowest BCUT2D eigenvalue weighted by atomic mass is 10.00. The number of halogens is 2. The first-order valence-corrected chi connectivity index (χ1v) is 15.0. The Morgan fingerprint density at radius 1 is 1.14 bits per heavy atom. The summed E-state index contributed by atoms with van der Waals surface area (Å²) >= 11 is 12.4. The zero-order valence-electron chi connectivity index (χ0n) is 25.6. The smallest absolute Gasteiger partial charge is 0.304 e. The molecule has 1 unspecified atom stereocenters. The van der Waals surface area contributed by atoms with Crippen LogP contribution in [0.5, 0.6) is 0 Å². The molecular weight excluding hydrogens is 599 g/mol. The lowest BCUT2D eigenvalue weighted by Gasteiger charge is -2.10. The van der Waals surface area contributed by atoms with Crippen LogP contribution in [0.15, 0.2) is 76.3 Å². The fourth-order valence-corrected chi connectivity index (χ4v) is 4.95. The van der Waals surface area contributed by atoms with Gasteiger partial charge in [-0.2, -0.15) is 5.10 Å². The fraction of sp³-hybridized carbons (Fsp3) is 0.294. The lowest BCUT2D eigenvalue weighted by molar-refractivity contribution is -0.136. The van der Waals surface area contributed by atoms with Gasteiger partial charge in [0.1, 0.15) is 12.0 Å². The Balaban J connectivity index is 0.000000676. The molecule has 232 valence electrons. The number of alkyl halides is 1. The van der Waals surface area contributed by atoms with E-state index in [1.165, 1.54) is 0 Å². The van der Waals surface area contributed by atoms with Crippen molar-refractivity contribution in [2.24, 2.45) is 0 Å². The average Bonchev–Trinajstić information content (AvgIpc) is 3.57. The third-order valence-corrected chi connectivity index (χ3v) is 7.12. The molecule has 2 heterocycles. The van der Waals surface area contributed by atoms with Gasteiger partial charge in [-0.15, -0.1) is 11.6 Å². The first kappa shape index (κ1) is 34.5. The maximum absolute atomic E-state index is 11.1. The molecule has 0 aliphatic heterocycles. The fourth-order valence-electron chi connectivity index (χ4n) is 4.47. The van der Waals surface area contributed by atoms with Gasteiger partial charge in [0.25, 0.3) is 0 Å². The van der Waals surface area contributed by atoms with Crippen molar-refractivity contribution >= 4 is 41.0 Å². The lowest BCUT2D eigenvalue weighted by Crippen LogP contribution is -2.11. The summed E-state index contributed by atoms with van der Waals surface area (Å²) in [4.78, 5) is 20.8. The molecule has 4 aromatic rings. The summed E-state index contributed by atoms with van der Waals surface area (Å²) in [6.07, 6.45) is 5.53. The van der Waals surface area contributed by atoms with Crippen molar-refractivity contribution in [1.29, 1.82) is 0 Å². The van der Waals surface area contributed by atoms with Crippen LogP contribution in [0.2, 0.25) is 0 Å². The molecule has 2 aromatic heterocycles. The standard InChI is InChI=1S/C30H29Cl2N3O2.C4H9NO2/c1-19(8-13-27(32)14-20(2)31)28-16-29(35(33-28)17-23-9-11-24(18-36)12-10-23)25-6-5-7-26(15-25)30-21(3)34-37-22(30)4;1-5-3-2-4(6)7/h5-12,14-16,18,20H,13,17H2,1-4H3;5H,2-3H2,1H3,(H,6,7)/b19-8+,27-14+;. The van der Waals surface area contributed by atoms with E-state index in [9.17, 15) is 9.59 Å². The molecule has 0 aliphatic rings. The van der Waals surface area contributed by atoms with E-state index < -0.39 is 5.97 Å². The number of hydrogen-bond acceptors (Lipinski definition) is 6. The molecule has 1 atom stereocenters. The van der Waals surface area contributed by atoms with Crippen molar-refractivity contribution in [2.45, 2.75) is 52.5 Å². The Morgan fingerprint density at radius 3 is 2.41 bits per heavy atom. The molecule has 0 bridgehead atoms. The largest absolute Gasteiger partial charge is 0.481 e. The topological polar surface area (TPSA) is 110 Å². The summed E-state index contributed by atoms with van der Waals surface area (Å²) in [7, 11) is 1.73. The average molecular weight is 638 g/mol. The summed E-state index contributed by atoms with van der Waals surface area (Å²) in [5.41, 5.74) is 8.49. The minimum Gasteiger partial charge on any atom is -0.481 e. The molecule has 0 aliphatic carbocycles. The number of nitrogens with zero attached hydrogens (tertiary/aromatic N) is 3. The van der Waals surface area contributed by atoms with Gasteiger partial charge in [0.15, 0.2) is 0 Å². The van der Waals surface area contributed by atoms with Gasteiger partial charge < -0.3 is 14.9 Å². The number of nitrogens with one attached hydrogen (secondary N) is 1. The Hall–Kier alpha value is -3.98. The molecule has 2 aromatic carbocycles. The number of aliphatic carboxylic acids is 1. The number of carbonyl (C=O) groups is 2. The number of rotatable bonds is 12. The van der Waals surface area contributed by atoms with Crippen LogP contribution in [0.25, 0.3) is 28.0 Å². The highest BCUT2D eigenvalue weighted by atomic mass is 35.5. The number of carbonyl (C=O) groups excluding carboxylic acids is 1. The van der Waals surface area contributed by atoms with E-state index in [-0.39, 0.29) is 11.8 Å². The van der Waals surface area contributed by atoms with Gasteiger partial charge in [-0.05, 0) is 63.6 Å². The first-order chi connectivity index (χ1) is 21.0. The van der Waals surface area contributed by atoms with Crippen molar-refractivity contribution in [3.63, 3.8) is 0 Å². The van der Waals surface area contributed by atoms with Crippen LogP contribution in [-0.2, 0) is 11.3 Å². The number of aldehydes is 1. The number of aromatic nitrogens is 3. The number of benzene rings is 2. The highest BCUT2D eigenvalue weighted by Gasteiger charge is 2.16. The first-order valence-electron chi connectivity index (χ1n) is 14.2. The molecular formula is C34H38Cl2N4O4. The number of allylic oxidation sites excluding steroid dienone is 4. The molecule has 0 saturated carbocycles. The van der Waals surface area contributed by atoms with Gasteiger partial charge >= 0.3 is 5.97 Å². The van der Waals surface area contributed by atoms with Crippen LogP contribution in [0.1, 0.15) is 59.8 Å². The Kier molecular flexibility index (Phi) is 13.1.